The zero-order valence-electron chi connectivity index (χ0n) is 15.5. The minimum Gasteiger partial charge on any atom is -0.396 e. The van der Waals surface area contributed by atoms with Crippen molar-refractivity contribution >= 4 is 5.91 Å². The Bertz CT molecular complexity index is 613. The number of aliphatic hydroxyl groups is 1. The molecule has 2 N–H and O–H groups in total. The first-order valence-electron chi connectivity index (χ1n) is 10.3. The molecular formula is C19H31N5O2. The second kappa shape index (κ2) is 8.05. The summed E-state index contributed by atoms with van der Waals surface area (Å²) in [4.78, 5) is 15.3. The van der Waals surface area contributed by atoms with Crippen LogP contribution in [0.1, 0.15) is 50.6 Å². The van der Waals surface area contributed by atoms with Gasteiger partial charge in [0.05, 0.1) is 18.2 Å². The van der Waals surface area contributed by atoms with E-state index in [1.165, 1.54) is 19.3 Å². The number of piperidine rings is 3. The number of rotatable bonds is 6. The molecule has 4 fully saturated rings. The van der Waals surface area contributed by atoms with E-state index in [4.69, 9.17) is 5.11 Å². The third-order valence-corrected chi connectivity index (χ3v) is 6.52. The van der Waals surface area contributed by atoms with E-state index in [-0.39, 0.29) is 18.4 Å². The van der Waals surface area contributed by atoms with Gasteiger partial charge in [0.25, 0.3) is 0 Å². The minimum absolute atomic E-state index is 0.105. The van der Waals surface area contributed by atoms with Gasteiger partial charge in [-0.1, -0.05) is 24.5 Å². The van der Waals surface area contributed by atoms with Gasteiger partial charge in [-0.3, -0.25) is 14.4 Å². The molecular weight excluding hydrogens is 330 g/mol. The lowest BCUT2D eigenvalue weighted by Crippen LogP contribution is -2.58. The van der Waals surface area contributed by atoms with Crippen LogP contribution < -0.4 is 5.32 Å². The number of hydrogen-bond donors (Lipinski definition) is 2. The molecule has 26 heavy (non-hydrogen) atoms. The molecule has 3 saturated heterocycles. The van der Waals surface area contributed by atoms with Crippen molar-refractivity contribution < 1.29 is 9.90 Å². The zero-order valence-corrected chi connectivity index (χ0v) is 15.5. The lowest BCUT2D eigenvalue weighted by Gasteiger charge is -2.49. The van der Waals surface area contributed by atoms with Gasteiger partial charge < -0.3 is 10.4 Å². The average Bonchev–Trinajstić information content (AvgIpc) is 3.10. The van der Waals surface area contributed by atoms with Crippen LogP contribution in [-0.2, 0) is 17.8 Å². The number of aromatic nitrogens is 3. The molecule has 4 heterocycles. The van der Waals surface area contributed by atoms with Crippen LogP contribution in [0.15, 0.2) is 6.20 Å². The van der Waals surface area contributed by atoms with E-state index >= 15 is 0 Å². The fourth-order valence-corrected chi connectivity index (χ4v) is 5.05. The van der Waals surface area contributed by atoms with Gasteiger partial charge in [-0.15, -0.1) is 5.10 Å². The molecule has 4 aliphatic rings. The summed E-state index contributed by atoms with van der Waals surface area (Å²) in [6, 6.07) is 0.846. The quantitative estimate of drug-likeness (QED) is 0.789. The van der Waals surface area contributed by atoms with Crippen molar-refractivity contribution in [2.75, 3.05) is 19.7 Å². The summed E-state index contributed by atoms with van der Waals surface area (Å²) >= 11 is 0. The Balaban J connectivity index is 1.32. The molecule has 0 aromatic carbocycles. The van der Waals surface area contributed by atoms with Gasteiger partial charge in [0.15, 0.2) is 0 Å². The number of fused-ring (bicyclic) bond motifs is 3. The van der Waals surface area contributed by atoms with Gasteiger partial charge >= 0.3 is 0 Å². The Morgan fingerprint density at radius 3 is 2.85 bits per heavy atom. The number of hydrogen-bond acceptors (Lipinski definition) is 5. The van der Waals surface area contributed by atoms with E-state index in [0.717, 1.165) is 51.0 Å². The highest BCUT2D eigenvalue weighted by Crippen LogP contribution is 2.37. The Kier molecular flexibility index (Phi) is 5.55. The van der Waals surface area contributed by atoms with Crippen LogP contribution in [0, 0.1) is 11.8 Å². The highest BCUT2D eigenvalue weighted by atomic mass is 16.3. The second-order valence-electron chi connectivity index (χ2n) is 8.29. The maximum Gasteiger partial charge on any atom is 0.224 e. The Morgan fingerprint density at radius 2 is 2.12 bits per heavy atom. The molecule has 0 spiro atoms. The molecule has 7 heteroatoms. The van der Waals surface area contributed by atoms with Crippen molar-refractivity contribution in [3.63, 3.8) is 0 Å². The van der Waals surface area contributed by atoms with Crippen LogP contribution in [-0.4, -0.2) is 62.7 Å². The van der Waals surface area contributed by atoms with Gasteiger partial charge in [0.2, 0.25) is 5.91 Å². The van der Waals surface area contributed by atoms with E-state index in [1.54, 1.807) is 0 Å². The Labute approximate surface area is 155 Å². The summed E-state index contributed by atoms with van der Waals surface area (Å²) in [6.07, 6.45) is 10.8. The lowest BCUT2D eigenvalue weighted by molar-refractivity contribution is -0.134. The van der Waals surface area contributed by atoms with Crippen molar-refractivity contribution in [3.8, 4) is 0 Å². The number of nitrogens with one attached hydrogen (secondary N) is 1. The fourth-order valence-electron chi connectivity index (χ4n) is 5.05. The van der Waals surface area contributed by atoms with Gasteiger partial charge in [-0.05, 0) is 38.1 Å². The fraction of sp³-hybridized carbons (Fsp3) is 0.842. The summed E-state index contributed by atoms with van der Waals surface area (Å²) in [7, 11) is 0. The third-order valence-electron chi connectivity index (χ3n) is 6.52. The van der Waals surface area contributed by atoms with Crippen LogP contribution in [0.2, 0.25) is 0 Å². The summed E-state index contributed by atoms with van der Waals surface area (Å²) in [5, 5.41) is 20.7. The molecule has 144 valence electrons. The molecule has 2 bridgehead atoms. The monoisotopic (exact) mass is 361 g/mol. The van der Waals surface area contributed by atoms with Crippen LogP contribution in [0.4, 0.5) is 0 Å². The van der Waals surface area contributed by atoms with Crippen molar-refractivity contribution in [3.05, 3.63) is 11.9 Å². The van der Waals surface area contributed by atoms with E-state index in [1.807, 2.05) is 10.9 Å². The lowest BCUT2D eigenvalue weighted by atomic mass is 9.75. The number of amides is 1. The summed E-state index contributed by atoms with van der Waals surface area (Å²) < 4.78 is 1.90. The molecule has 4 atom stereocenters. The van der Waals surface area contributed by atoms with Crippen molar-refractivity contribution in [2.24, 2.45) is 11.8 Å². The molecule has 1 aliphatic carbocycles. The number of carbonyl (C=O) groups is 1. The minimum atomic E-state index is 0.105. The molecule has 1 amide bonds. The summed E-state index contributed by atoms with van der Waals surface area (Å²) in [5.74, 6) is 0.938. The van der Waals surface area contributed by atoms with Crippen molar-refractivity contribution in [2.45, 2.75) is 70.0 Å². The Morgan fingerprint density at radius 1 is 1.27 bits per heavy atom. The van der Waals surface area contributed by atoms with Crippen LogP contribution >= 0.6 is 0 Å². The maximum atomic E-state index is 12.8. The highest BCUT2D eigenvalue weighted by Gasteiger charge is 2.43. The number of nitrogens with zero attached hydrogens (tertiary/aromatic N) is 4. The predicted molar refractivity (Wildman–Crippen MR) is 97.4 cm³/mol. The van der Waals surface area contributed by atoms with E-state index in [2.05, 4.69) is 20.5 Å². The first kappa shape index (κ1) is 17.9. The van der Waals surface area contributed by atoms with Gasteiger partial charge in [0.1, 0.15) is 0 Å². The normalized spacial score (nSPS) is 31.9. The largest absolute Gasteiger partial charge is 0.396 e. The van der Waals surface area contributed by atoms with Crippen molar-refractivity contribution in [1.29, 1.82) is 0 Å². The summed E-state index contributed by atoms with van der Waals surface area (Å²) in [5.41, 5.74) is 0.841. The number of aliphatic hydroxyl groups excluding tert-OH is 1. The SMILES string of the molecule is O=C(NC1CCCCC1)C1CN2CCC1CC2Cn1cc(CCO)nn1. The van der Waals surface area contributed by atoms with Crippen LogP contribution in [0.5, 0.6) is 0 Å². The summed E-state index contributed by atoms with van der Waals surface area (Å²) in [6.45, 7) is 2.90. The molecule has 1 aromatic rings. The van der Waals surface area contributed by atoms with Gasteiger partial charge in [0, 0.05) is 37.9 Å². The molecule has 1 saturated carbocycles. The maximum absolute atomic E-state index is 12.8. The number of carbonyl (C=O) groups excluding carboxylic acids is 1. The van der Waals surface area contributed by atoms with E-state index < -0.39 is 0 Å². The Hall–Kier alpha value is -1.47. The molecule has 0 radical (unpaired) electrons. The smallest absolute Gasteiger partial charge is 0.224 e. The van der Waals surface area contributed by atoms with Crippen LogP contribution in [0.25, 0.3) is 0 Å². The second-order valence-corrected chi connectivity index (χ2v) is 8.29. The van der Waals surface area contributed by atoms with Crippen molar-refractivity contribution in [1.82, 2.24) is 25.2 Å². The van der Waals surface area contributed by atoms with Gasteiger partial charge in [-0.25, -0.2) is 0 Å². The first-order chi connectivity index (χ1) is 12.7. The first-order valence-corrected chi connectivity index (χ1v) is 10.3. The van der Waals surface area contributed by atoms with E-state index in [0.29, 0.717) is 24.4 Å². The third kappa shape index (κ3) is 3.93. The van der Waals surface area contributed by atoms with E-state index in [9.17, 15) is 4.79 Å². The average molecular weight is 361 g/mol. The van der Waals surface area contributed by atoms with Crippen LogP contribution in [0.3, 0.4) is 0 Å². The molecule has 1 aromatic heterocycles. The molecule has 4 unspecified atom stereocenters. The topological polar surface area (TPSA) is 83.3 Å². The highest BCUT2D eigenvalue weighted by molar-refractivity contribution is 5.79. The zero-order chi connectivity index (χ0) is 17.9. The standard InChI is InChI=1S/C19H31N5O2/c25-9-7-16-11-24(22-21-16)12-17-10-14-6-8-23(17)13-18(14)19(26)20-15-4-2-1-3-5-15/h11,14-15,17-18,25H,1-10,12-13H2,(H,20,26). The predicted octanol–water partition coefficient (Wildman–Crippen LogP) is 0.972. The molecule has 5 rings (SSSR count). The molecule has 3 aliphatic heterocycles. The van der Waals surface area contributed by atoms with Gasteiger partial charge in [-0.2, -0.15) is 0 Å². The molecule has 7 nitrogen and oxygen atoms in total.